The van der Waals surface area contributed by atoms with E-state index in [0.717, 1.165) is 42.4 Å². The molecule has 94 valence electrons. The summed E-state index contributed by atoms with van der Waals surface area (Å²) in [6, 6.07) is 4.62. The zero-order chi connectivity index (χ0) is 12.5. The van der Waals surface area contributed by atoms with Gasteiger partial charge in [-0.3, -0.25) is 4.79 Å². The molecular weight excluding hydrogens is 231 g/mol. The Hall–Kier alpha value is -1.84. The molecule has 1 fully saturated rings. The highest BCUT2D eigenvalue weighted by Crippen LogP contribution is 2.21. The zero-order valence-electron chi connectivity index (χ0n) is 10.1. The van der Waals surface area contributed by atoms with Crippen LogP contribution in [0.5, 0.6) is 0 Å². The zero-order valence-corrected chi connectivity index (χ0v) is 10.1. The SMILES string of the molecule is O=C(Cc1c[nH]c2cc(F)ccc12)N1CCCC1. The largest absolute Gasteiger partial charge is 0.361 e. The third-order valence-electron chi connectivity index (χ3n) is 3.53. The van der Waals surface area contributed by atoms with E-state index in [2.05, 4.69) is 4.98 Å². The Morgan fingerprint density at radius 2 is 2.11 bits per heavy atom. The van der Waals surface area contributed by atoms with E-state index in [1.54, 1.807) is 12.3 Å². The van der Waals surface area contributed by atoms with Gasteiger partial charge in [-0.15, -0.1) is 0 Å². The molecule has 2 aromatic rings. The van der Waals surface area contributed by atoms with Gasteiger partial charge in [-0.25, -0.2) is 4.39 Å². The minimum atomic E-state index is -0.262. The maximum atomic E-state index is 13.1. The molecule has 1 N–H and O–H groups in total. The van der Waals surface area contributed by atoms with Gasteiger partial charge in [-0.2, -0.15) is 0 Å². The first kappa shape index (κ1) is 11.3. The molecule has 0 spiro atoms. The van der Waals surface area contributed by atoms with Crippen molar-refractivity contribution in [1.29, 1.82) is 0 Å². The number of amides is 1. The number of hydrogen-bond acceptors (Lipinski definition) is 1. The van der Waals surface area contributed by atoms with Crippen LogP contribution in [0.4, 0.5) is 4.39 Å². The predicted octanol–water partition coefficient (Wildman–Crippen LogP) is 2.47. The lowest BCUT2D eigenvalue weighted by Crippen LogP contribution is -2.28. The van der Waals surface area contributed by atoms with Gasteiger partial charge in [0.2, 0.25) is 5.91 Å². The highest BCUT2D eigenvalue weighted by molar-refractivity contribution is 5.89. The number of fused-ring (bicyclic) bond motifs is 1. The highest BCUT2D eigenvalue weighted by atomic mass is 19.1. The third-order valence-corrected chi connectivity index (χ3v) is 3.53. The van der Waals surface area contributed by atoms with Crippen LogP contribution in [0.15, 0.2) is 24.4 Å². The first-order chi connectivity index (χ1) is 8.74. The maximum Gasteiger partial charge on any atom is 0.227 e. The van der Waals surface area contributed by atoms with Gasteiger partial charge in [0.05, 0.1) is 6.42 Å². The summed E-state index contributed by atoms with van der Waals surface area (Å²) in [5.41, 5.74) is 1.70. The summed E-state index contributed by atoms with van der Waals surface area (Å²) in [7, 11) is 0. The second-order valence-corrected chi connectivity index (χ2v) is 4.77. The van der Waals surface area contributed by atoms with E-state index < -0.39 is 0 Å². The Labute approximate surface area is 105 Å². The number of hydrogen-bond donors (Lipinski definition) is 1. The van der Waals surface area contributed by atoms with Gasteiger partial charge in [0.15, 0.2) is 0 Å². The number of halogens is 1. The number of H-pyrrole nitrogens is 1. The van der Waals surface area contributed by atoms with Gasteiger partial charge in [-0.05, 0) is 36.6 Å². The molecule has 1 saturated heterocycles. The number of nitrogens with zero attached hydrogens (tertiary/aromatic N) is 1. The average molecular weight is 246 g/mol. The molecule has 1 aromatic heterocycles. The summed E-state index contributed by atoms with van der Waals surface area (Å²) >= 11 is 0. The summed E-state index contributed by atoms with van der Waals surface area (Å²) in [5.74, 6) is -0.0977. The van der Waals surface area contributed by atoms with E-state index in [-0.39, 0.29) is 11.7 Å². The number of nitrogens with one attached hydrogen (secondary N) is 1. The summed E-state index contributed by atoms with van der Waals surface area (Å²) in [6.45, 7) is 1.74. The van der Waals surface area contributed by atoms with Crippen molar-refractivity contribution in [3.8, 4) is 0 Å². The second-order valence-electron chi connectivity index (χ2n) is 4.77. The van der Waals surface area contributed by atoms with Gasteiger partial charge in [0.25, 0.3) is 0 Å². The minimum absolute atomic E-state index is 0.165. The lowest BCUT2D eigenvalue weighted by molar-refractivity contribution is -0.129. The first-order valence-electron chi connectivity index (χ1n) is 6.27. The van der Waals surface area contributed by atoms with E-state index in [1.165, 1.54) is 12.1 Å². The predicted molar refractivity (Wildman–Crippen MR) is 67.8 cm³/mol. The molecule has 1 aliphatic heterocycles. The van der Waals surface area contributed by atoms with Crippen LogP contribution in [0, 0.1) is 5.82 Å². The monoisotopic (exact) mass is 246 g/mol. The summed E-state index contributed by atoms with van der Waals surface area (Å²) < 4.78 is 13.1. The number of carbonyl (C=O) groups is 1. The highest BCUT2D eigenvalue weighted by Gasteiger charge is 2.19. The molecule has 0 unspecified atom stereocenters. The number of aromatic nitrogens is 1. The van der Waals surface area contributed by atoms with Crippen LogP contribution in [0.2, 0.25) is 0 Å². The number of likely N-dealkylation sites (tertiary alicyclic amines) is 1. The molecule has 0 aliphatic carbocycles. The van der Waals surface area contributed by atoms with E-state index in [1.807, 2.05) is 4.90 Å². The number of rotatable bonds is 2. The Balaban J connectivity index is 1.84. The molecule has 1 aliphatic rings. The third kappa shape index (κ3) is 1.98. The molecule has 0 saturated carbocycles. The normalized spacial score (nSPS) is 15.5. The average Bonchev–Trinajstić information content (AvgIpc) is 2.98. The lowest BCUT2D eigenvalue weighted by atomic mass is 10.1. The van der Waals surface area contributed by atoms with Gasteiger partial charge < -0.3 is 9.88 Å². The molecule has 2 heterocycles. The molecular formula is C14H15FN2O. The first-order valence-corrected chi connectivity index (χ1v) is 6.27. The molecule has 4 heteroatoms. The fraction of sp³-hybridized carbons (Fsp3) is 0.357. The van der Waals surface area contributed by atoms with Crippen LogP contribution < -0.4 is 0 Å². The second kappa shape index (κ2) is 4.44. The van der Waals surface area contributed by atoms with Crippen molar-refractivity contribution in [2.24, 2.45) is 0 Å². The molecule has 3 rings (SSSR count). The molecule has 18 heavy (non-hydrogen) atoms. The van der Waals surface area contributed by atoms with Gasteiger partial charge >= 0.3 is 0 Å². The smallest absolute Gasteiger partial charge is 0.227 e. The Morgan fingerprint density at radius 3 is 2.89 bits per heavy atom. The Kier molecular flexibility index (Phi) is 2.78. The van der Waals surface area contributed by atoms with Crippen molar-refractivity contribution in [3.05, 3.63) is 35.8 Å². The maximum absolute atomic E-state index is 13.1. The van der Waals surface area contributed by atoms with Gasteiger partial charge in [-0.1, -0.05) is 0 Å². The van der Waals surface area contributed by atoms with Crippen molar-refractivity contribution in [2.45, 2.75) is 19.3 Å². The van der Waals surface area contributed by atoms with Crippen LogP contribution in [-0.4, -0.2) is 28.9 Å². The van der Waals surface area contributed by atoms with Crippen molar-refractivity contribution < 1.29 is 9.18 Å². The van der Waals surface area contributed by atoms with Crippen molar-refractivity contribution >= 4 is 16.8 Å². The lowest BCUT2D eigenvalue weighted by Gasteiger charge is -2.14. The topological polar surface area (TPSA) is 36.1 Å². The Morgan fingerprint density at radius 1 is 1.33 bits per heavy atom. The van der Waals surface area contributed by atoms with Crippen molar-refractivity contribution in [1.82, 2.24) is 9.88 Å². The fourth-order valence-corrected chi connectivity index (χ4v) is 2.55. The van der Waals surface area contributed by atoms with E-state index in [0.29, 0.717) is 6.42 Å². The fourth-order valence-electron chi connectivity index (χ4n) is 2.55. The van der Waals surface area contributed by atoms with E-state index >= 15 is 0 Å². The summed E-state index contributed by atoms with van der Waals surface area (Å²) in [4.78, 5) is 17.0. The number of benzene rings is 1. The standard InChI is InChI=1S/C14H15FN2O/c15-11-3-4-12-10(9-16-13(12)8-11)7-14(18)17-5-1-2-6-17/h3-4,8-9,16H,1-2,5-7H2. The van der Waals surface area contributed by atoms with Crippen LogP contribution in [0.3, 0.4) is 0 Å². The van der Waals surface area contributed by atoms with Crippen LogP contribution >= 0.6 is 0 Å². The van der Waals surface area contributed by atoms with Crippen LogP contribution in [0.25, 0.3) is 10.9 Å². The van der Waals surface area contributed by atoms with Crippen LogP contribution in [-0.2, 0) is 11.2 Å². The van der Waals surface area contributed by atoms with Gasteiger partial charge in [0.1, 0.15) is 5.82 Å². The quantitative estimate of drug-likeness (QED) is 0.868. The van der Waals surface area contributed by atoms with E-state index in [4.69, 9.17) is 0 Å². The summed E-state index contributed by atoms with van der Waals surface area (Å²) in [6.07, 6.45) is 4.40. The van der Waals surface area contributed by atoms with Crippen molar-refractivity contribution in [3.63, 3.8) is 0 Å². The van der Waals surface area contributed by atoms with E-state index in [9.17, 15) is 9.18 Å². The summed E-state index contributed by atoms with van der Waals surface area (Å²) in [5, 5.41) is 0.934. The molecule has 1 aromatic carbocycles. The van der Waals surface area contributed by atoms with Crippen LogP contribution in [0.1, 0.15) is 18.4 Å². The molecule has 0 bridgehead atoms. The minimum Gasteiger partial charge on any atom is -0.361 e. The van der Waals surface area contributed by atoms with Crippen molar-refractivity contribution in [2.75, 3.05) is 13.1 Å². The number of aromatic amines is 1. The molecule has 3 nitrogen and oxygen atoms in total. The molecule has 0 atom stereocenters. The Bertz CT molecular complexity index is 584. The molecule has 0 radical (unpaired) electrons. The van der Waals surface area contributed by atoms with Gasteiger partial charge in [0, 0.05) is 30.2 Å². The number of carbonyl (C=O) groups excluding carboxylic acids is 1. The molecule has 1 amide bonds.